The van der Waals surface area contributed by atoms with Gasteiger partial charge < -0.3 is 5.11 Å². The number of alkyl halides is 3. The predicted molar refractivity (Wildman–Crippen MR) is 210 cm³/mol. The van der Waals surface area contributed by atoms with Crippen molar-refractivity contribution in [3.05, 3.63) is 94.4 Å². The van der Waals surface area contributed by atoms with Crippen LogP contribution in [0.25, 0.3) is 33.2 Å². The van der Waals surface area contributed by atoms with Crippen molar-refractivity contribution < 1.29 is 43.2 Å². The SMILES string of the molecule is CCC(CC)C(=O)/C=C(\O)C(CC)CC.Cc1cc(CC(C)(C)C(F)(F)F)cc(C)c1-c1cc(-c2[c-]c3ccccc3c(C(C)(C)C)c2)nnc1C.[Ir]. The van der Waals surface area contributed by atoms with Gasteiger partial charge in [-0.25, -0.2) is 0 Å². The number of allylic oxidation sites excluding steroid dienone is 2. The van der Waals surface area contributed by atoms with Crippen molar-refractivity contribution in [1.82, 2.24) is 10.2 Å². The van der Waals surface area contributed by atoms with E-state index in [1.54, 1.807) is 0 Å². The second-order valence-corrected chi connectivity index (χ2v) is 15.8. The topological polar surface area (TPSA) is 63.1 Å². The predicted octanol–water partition coefficient (Wildman–Crippen LogP) is 13.0. The Labute approximate surface area is 329 Å². The summed E-state index contributed by atoms with van der Waals surface area (Å²) in [4.78, 5) is 11.7. The monoisotopic (exact) mass is 908 g/mol. The Morgan fingerprint density at radius 2 is 1.38 bits per heavy atom. The quantitative estimate of drug-likeness (QED) is 0.0925. The van der Waals surface area contributed by atoms with Crippen LogP contribution in [0.3, 0.4) is 0 Å². The summed E-state index contributed by atoms with van der Waals surface area (Å²) in [7, 11) is 0. The number of aryl methyl sites for hydroxylation is 3. The maximum absolute atomic E-state index is 13.5. The fraction of sp³-hybridized carbons (Fsp3) is 0.489. The van der Waals surface area contributed by atoms with E-state index < -0.39 is 11.6 Å². The van der Waals surface area contributed by atoms with Gasteiger partial charge in [0.2, 0.25) is 0 Å². The molecule has 291 valence electrons. The smallest absolute Gasteiger partial charge is 0.394 e. The van der Waals surface area contributed by atoms with Crippen molar-refractivity contribution in [2.24, 2.45) is 17.3 Å². The summed E-state index contributed by atoms with van der Waals surface area (Å²) in [5.74, 6) is 0.547. The molecule has 4 rings (SSSR count). The van der Waals surface area contributed by atoms with E-state index in [0.717, 1.165) is 70.3 Å². The van der Waals surface area contributed by atoms with E-state index >= 15 is 0 Å². The molecule has 0 saturated carbocycles. The van der Waals surface area contributed by atoms with Gasteiger partial charge in [0.1, 0.15) is 0 Å². The Morgan fingerprint density at radius 1 is 0.830 bits per heavy atom. The zero-order chi connectivity index (χ0) is 39.2. The molecule has 0 saturated heterocycles. The number of ketones is 1. The van der Waals surface area contributed by atoms with Crippen LogP contribution in [0.5, 0.6) is 0 Å². The van der Waals surface area contributed by atoms with Crippen LogP contribution in [0, 0.1) is 44.1 Å². The van der Waals surface area contributed by atoms with E-state index in [1.807, 2.05) is 78.8 Å². The van der Waals surface area contributed by atoms with E-state index in [2.05, 4.69) is 55.2 Å². The molecule has 4 aromatic rings. The van der Waals surface area contributed by atoms with Gasteiger partial charge in [0, 0.05) is 49.3 Å². The van der Waals surface area contributed by atoms with E-state index in [-0.39, 0.29) is 55.3 Å². The van der Waals surface area contributed by atoms with Crippen LogP contribution in [-0.4, -0.2) is 27.3 Å². The van der Waals surface area contributed by atoms with E-state index in [9.17, 15) is 23.1 Å². The number of aliphatic hydroxyl groups is 1. The number of benzene rings is 3. The molecule has 3 aromatic carbocycles. The van der Waals surface area contributed by atoms with Gasteiger partial charge in [-0.2, -0.15) is 23.4 Å². The Morgan fingerprint density at radius 3 is 1.89 bits per heavy atom. The van der Waals surface area contributed by atoms with Crippen molar-refractivity contribution in [3.8, 4) is 22.4 Å². The van der Waals surface area contributed by atoms with Gasteiger partial charge in [0.15, 0.2) is 5.78 Å². The molecular formula is C45H58F3IrN2O2-. The molecule has 0 aliphatic rings. The zero-order valence-corrected chi connectivity index (χ0v) is 36.0. The van der Waals surface area contributed by atoms with Crippen LogP contribution in [-0.2, 0) is 36.7 Å². The second kappa shape index (κ2) is 18.8. The molecule has 0 spiro atoms. The first-order valence-corrected chi connectivity index (χ1v) is 18.6. The first kappa shape index (κ1) is 45.8. The first-order valence-electron chi connectivity index (χ1n) is 18.6. The van der Waals surface area contributed by atoms with Gasteiger partial charge in [0.05, 0.1) is 16.9 Å². The average Bonchev–Trinajstić information content (AvgIpc) is 3.05. The molecule has 8 heteroatoms. The molecule has 1 radical (unpaired) electrons. The van der Waals surface area contributed by atoms with Crippen LogP contribution in [0.1, 0.15) is 116 Å². The summed E-state index contributed by atoms with van der Waals surface area (Å²) in [6.45, 7) is 23.0. The van der Waals surface area contributed by atoms with Crippen molar-refractivity contribution >= 4 is 16.6 Å². The molecular weight excluding hydrogens is 850 g/mol. The molecule has 0 bridgehead atoms. The minimum Gasteiger partial charge on any atom is -0.512 e. The third-order valence-electron chi connectivity index (χ3n) is 10.2. The summed E-state index contributed by atoms with van der Waals surface area (Å²) < 4.78 is 40.5. The van der Waals surface area contributed by atoms with Crippen LogP contribution >= 0.6 is 0 Å². The molecule has 53 heavy (non-hydrogen) atoms. The van der Waals surface area contributed by atoms with Crippen LogP contribution in [0.2, 0.25) is 0 Å². The van der Waals surface area contributed by atoms with Gasteiger partial charge in [-0.3, -0.25) is 4.79 Å². The summed E-state index contributed by atoms with van der Waals surface area (Å²) >= 11 is 0. The average molecular weight is 908 g/mol. The Bertz CT molecular complexity index is 1860. The molecule has 0 fully saturated rings. The van der Waals surface area contributed by atoms with Gasteiger partial charge in [-0.15, -0.1) is 29.1 Å². The fourth-order valence-corrected chi connectivity index (χ4v) is 6.80. The maximum atomic E-state index is 13.5. The van der Waals surface area contributed by atoms with Gasteiger partial charge in [0.25, 0.3) is 0 Å². The third kappa shape index (κ3) is 11.3. The number of aliphatic hydroxyl groups excluding tert-OH is 1. The maximum Gasteiger partial charge on any atom is 0.394 e. The summed E-state index contributed by atoms with van der Waals surface area (Å²) in [5, 5.41) is 20.9. The standard InChI is InChI=1S/C32H34F3N2.C13H24O2.Ir/c1-19-13-22(18-31(7,8)32(33,34)35)14-20(2)29(19)26-17-28(37-36-21(26)3)24-15-23-11-9-10-12-25(23)27(16-24)30(4,5)6;1-5-10(6-2)12(14)9-13(15)11(7-3)8-4;/h9-14,16-17H,18H2,1-8H3;9-11,14H,5-8H2,1-4H3;/q-1;;/b;12-9-;. The molecule has 0 aliphatic carbocycles. The number of nitrogens with zero attached hydrogens (tertiary/aromatic N) is 2. The molecule has 0 aliphatic heterocycles. The Hall–Kier alpha value is -3.35. The van der Waals surface area contributed by atoms with Gasteiger partial charge in [-0.1, -0.05) is 110 Å². The number of rotatable bonds is 11. The van der Waals surface area contributed by atoms with Crippen molar-refractivity contribution in [2.45, 2.75) is 127 Å². The van der Waals surface area contributed by atoms with Crippen LogP contribution < -0.4 is 0 Å². The molecule has 0 atom stereocenters. The van der Waals surface area contributed by atoms with Crippen molar-refractivity contribution in [3.63, 3.8) is 0 Å². The van der Waals surface area contributed by atoms with Crippen molar-refractivity contribution in [1.29, 1.82) is 0 Å². The number of halogens is 3. The van der Waals surface area contributed by atoms with E-state index in [4.69, 9.17) is 0 Å². The minimum atomic E-state index is -4.27. The summed E-state index contributed by atoms with van der Waals surface area (Å²) in [6.07, 6.45) is 0.568. The number of carbonyl (C=O) groups is 1. The van der Waals surface area contributed by atoms with E-state index in [1.165, 1.54) is 30.9 Å². The number of hydrogen-bond acceptors (Lipinski definition) is 4. The summed E-state index contributed by atoms with van der Waals surface area (Å²) in [6, 6.07) is 19.7. The molecule has 1 heterocycles. The van der Waals surface area contributed by atoms with Gasteiger partial charge in [-0.05, 0) is 80.5 Å². The van der Waals surface area contributed by atoms with Crippen LogP contribution in [0.15, 0.2) is 60.4 Å². The fourth-order valence-electron chi connectivity index (χ4n) is 6.80. The number of hydrogen-bond donors (Lipinski definition) is 1. The van der Waals surface area contributed by atoms with Crippen molar-refractivity contribution in [2.75, 3.05) is 0 Å². The zero-order valence-electron chi connectivity index (χ0n) is 33.6. The molecule has 0 unspecified atom stereocenters. The molecule has 1 N–H and O–H groups in total. The third-order valence-corrected chi connectivity index (χ3v) is 10.2. The first-order chi connectivity index (χ1) is 24.2. The largest absolute Gasteiger partial charge is 0.512 e. The second-order valence-electron chi connectivity index (χ2n) is 15.8. The Balaban J connectivity index is 0.000000516. The Kier molecular flexibility index (Phi) is 16.2. The van der Waals surface area contributed by atoms with Gasteiger partial charge >= 0.3 is 6.18 Å². The molecule has 4 nitrogen and oxygen atoms in total. The minimum absolute atomic E-state index is 0. The van der Waals surface area contributed by atoms with E-state index in [0.29, 0.717) is 5.56 Å². The number of aromatic nitrogens is 2. The summed E-state index contributed by atoms with van der Waals surface area (Å²) in [5.41, 5.74) is 6.15. The molecule has 0 amide bonds. The van der Waals surface area contributed by atoms with Crippen LogP contribution in [0.4, 0.5) is 13.2 Å². The molecule has 1 aromatic heterocycles. The number of fused-ring (bicyclic) bond motifs is 1. The normalized spacial score (nSPS) is 12.5. The number of carbonyl (C=O) groups excluding carboxylic acids is 1.